The van der Waals surface area contributed by atoms with Crippen molar-refractivity contribution in [2.75, 3.05) is 11.9 Å². The number of hydrogen-bond donors (Lipinski definition) is 2. The minimum absolute atomic E-state index is 0.0165. The Morgan fingerprint density at radius 2 is 2.28 bits per heavy atom. The summed E-state index contributed by atoms with van der Waals surface area (Å²) in [6.07, 6.45) is 1.03. The maximum absolute atomic E-state index is 10.7. The van der Waals surface area contributed by atoms with Crippen LogP contribution >= 0.6 is 11.6 Å². The highest BCUT2D eigenvalue weighted by molar-refractivity contribution is 6.28. The molecule has 7 nitrogen and oxygen atoms in total. The molecule has 2 N–H and O–H groups in total. The van der Waals surface area contributed by atoms with Crippen molar-refractivity contribution < 1.29 is 10.0 Å². The molecule has 0 aliphatic heterocycles. The molecule has 1 atom stereocenters. The normalized spacial score (nSPS) is 12.5. The van der Waals surface area contributed by atoms with Gasteiger partial charge in [-0.2, -0.15) is 4.98 Å². The maximum Gasteiger partial charge on any atom is 0.329 e. The molecule has 100 valence electrons. The van der Waals surface area contributed by atoms with Gasteiger partial charge in [-0.05, 0) is 23.9 Å². The number of hydrogen-bond acceptors (Lipinski definition) is 6. The smallest absolute Gasteiger partial charge is 0.329 e. The lowest BCUT2D eigenvalue weighted by molar-refractivity contribution is -0.384. The molecule has 1 rings (SSSR count). The molecular weight excluding hydrogens is 260 g/mol. The summed E-state index contributed by atoms with van der Waals surface area (Å²) in [6.45, 7) is 4.13. The third kappa shape index (κ3) is 4.42. The third-order valence-corrected chi connectivity index (χ3v) is 2.37. The second-order valence-electron chi connectivity index (χ2n) is 4.29. The lowest BCUT2D eigenvalue weighted by Gasteiger charge is -2.14. The predicted molar refractivity (Wildman–Crippen MR) is 67.6 cm³/mol. The lowest BCUT2D eigenvalue weighted by atomic mass is 10.1. The molecule has 0 spiro atoms. The van der Waals surface area contributed by atoms with Gasteiger partial charge in [0.2, 0.25) is 11.1 Å². The van der Waals surface area contributed by atoms with Crippen LogP contribution in [0.15, 0.2) is 6.20 Å². The number of aliphatic hydroxyl groups excluding tert-OH is 1. The zero-order chi connectivity index (χ0) is 13.7. The molecule has 0 aliphatic carbocycles. The van der Waals surface area contributed by atoms with Crippen molar-refractivity contribution in [2.24, 2.45) is 5.92 Å². The van der Waals surface area contributed by atoms with Crippen LogP contribution in [0.5, 0.6) is 0 Å². The highest BCUT2D eigenvalue weighted by Gasteiger charge is 2.17. The van der Waals surface area contributed by atoms with Crippen LogP contribution in [0.25, 0.3) is 0 Å². The number of rotatable bonds is 6. The topological polar surface area (TPSA) is 101 Å². The van der Waals surface area contributed by atoms with E-state index in [9.17, 15) is 15.2 Å². The molecule has 0 aromatic carbocycles. The summed E-state index contributed by atoms with van der Waals surface area (Å²) in [6, 6.07) is 0. The third-order valence-electron chi connectivity index (χ3n) is 2.19. The Labute approximate surface area is 109 Å². The summed E-state index contributed by atoms with van der Waals surface area (Å²) in [5, 5.41) is 23.0. The fourth-order valence-corrected chi connectivity index (χ4v) is 1.59. The Morgan fingerprint density at radius 1 is 1.61 bits per heavy atom. The van der Waals surface area contributed by atoms with Gasteiger partial charge in [-0.25, -0.2) is 4.98 Å². The van der Waals surface area contributed by atoms with Crippen molar-refractivity contribution in [3.8, 4) is 0 Å². The zero-order valence-electron chi connectivity index (χ0n) is 10.1. The van der Waals surface area contributed by atoms with Gasteiger partial charge in [0.05, 0.1) is 11.0 Å². The highest BCUT2D eigenvalue weighted by Crippen LogP contribution is 2.22. The Balaban J connectivity index is 2.71. The molecule has 0 radical (unpaired) electrons. The first-order chi connectivity index (χ1) is 8.40. The van der Waals surface area contributed by atoms with Crippen molar-refractivity contribution >= 4 is 23.1 Å². The van der Waals surface area contributed by atoms with E-state index in [0.717, 1.165) is 6.20 Å². The van der Waals surface area contributed by atoms with Crippen molar-refractivity contribution in [1.29, 1.82) is 0 Å². The predicted octanol–water partition coefficient (Wildman–Crippen LogP) is 1.86. The number of nitrogens with one attached hydrogen (secondary N) is 1. The molecule has 1 aromatic rings. The molecule has 18 heavy (non-hydrogen) atoms. The van der Waals surface area contributed by atoms with Gasteiger partial charge in [-0.3, -0.25) is 10.1 Å². The fraction of sp³-hybridized carbons (Fsp3) is 0.600. The molecular formula is C10H15ClN4O3. The molecule has 8 heteroatoms. The number of aromatic nitrogens is 2. The zero-order valence-corrected chi connectivity index (χ0v) is 10.9. The number of aliphatic hydroxyl groups is 1. The second kappa shape index (κ2) is 6.46. The van der Waals surface area contributed by atoms with Crippen LogP contribution in [0.1, 0.15) is 20.3 Å². The summed E-state index contributed by atoms with van der Waals surface area (Å²) in [4.78, 5) is 17.4. The largest absolute Gasteiger partial charge is 0.391 e. The van der Waals surface area contributed by atoms with Crippen LogP contribution in [0.2, 0.25) is 5.28 Å². The molecule has 0 bridgehead atoms. The first-order valence-corrected chi connectivity index (χ1v) is 5.86. The molecule has 1 heterocycles. The van der Waals surface area contributed by atoms with E-state index in [1.807, 2.05) is 13.8 Å². The van der Waals surface area contributed by atoms with Crippen LogP contribution in [-0.2, 0) is 0 Å². The molecule has 1 unspecified atom stereocenters. The lowest BCUT2D eigenvalue weighted by Crippen LogP contribution is -2.22. The van der Waals surface area contributed by atoms with E-state index >= 15 is 0 Å². The number of anilines is 1. The minimum Gasteiger partial charge on any atom is -0.391 e. The Bertz CT molecular complexity index is 428. The Kier molecular flexibility index (Phi) is 5.24. The van der Waals surface area contributed by atoms with Crippen molar-refractivity contribution in [3.05, 3.63) is 21.6 Å². The van der Waals surface area contributed by atoms with Crippen molar-refractivity contribution in [2.45, 2.75) is 26.4 Å². The Hall–Kier alpha value is -1.47. The van der Waals surface area contributed by atoms with Crippen molar-refractivity contribution in [3.63, 3.8) is 0 Å². The number of nitrogens with zero attached hydrogens (tertiary/aromatic N) is 3. The van der Waals surface area contributed by atoms with Crippen molar-refractivity contribution in [1.82, 2.24) is 9.97 Å². The van der Waals surface area contributed by atoms with Gasteiger partial charge in [0.25, 0.3) is 0 Å². The number of nitro groups is 1. The van der Waals surface area contributed by atoms with E-state index < -0.39 is 11.0 Å². The van der Waals surface area contributed by atoms with Gasteiger partial charge in [0.1, 0.15) is 6.20 Å². The highest BCUT2D eigenvalue weighted by atomic mass is 35.5. The van der Waals surface area contributed by atoms with Gasteiger partial charge < -0.3 is 10.4 Å². The SMILES string of the molecule is CC(C)CC(O)CNc1nc(Cl)ncc1[N+](=O)[O-]. The van der Waals surface area contributed by atoms with Crippen LogP contribution < -0.4 is 5.32 Å². The first-order valence-electron chi connectivity index (χ1n) is 5.49. The van der Waals surface area contributed by atoms with Crippen LogP contribution in [-0.4, -0.2) is 32.6 Å². The average Bonchev–Trinajstić information content (AvgIpc) is 2.25. The van der Waals surface area contributed by atoms with Gasteiger partial charge >= 0.3 is 5.69 Å². The van der Waals surface area contributed by atoms with Crippen LogP contribution in [0.3, 0.4) is 0 Å². The summed E-state index contributed by atoms with van der Waals surface area (Å²) in [5.74, 6) is 0.355. The molecule has 1 aromatic heterocycles. The standard InChI is InChI=1S/C10H15ClN4O3/c1-6(2)3-7(16)4-12-9-8(15(17)18)5-13-10(11)14-9/h5-7,16H,3-4H2,1-2H3,(H,12,13,14). The van der Waals surface area contributed by atoms with E-state index in [2.05, 4.69) is 15.3 Å². The van der Waals surface area contributed by atoms with Crippen LogP contribution in [0, 0.1) is 16.0 Å². The quantitative estimate of drug-likeness (QED) is 0.466. The monoisotopic (exact) mass is 274 g/mol. The summed E-state index contributed by atoms with van der Waals surface area (Å²) in [7, 11) is 0. The Morgan fingerprint density at radius 3 is 2.83 bits per heavy atom. The average molecular weight is 275 g/mol. The van der Waals surface area contributed by atoms with E-state index in [0.29, 0.717) is 12.3 Å². The minimum atomic E-state index is -0.604. The fourth-order valence-electron chi connectivity index (χ4n) is 1.46. The summed E-state index contributed by atoms with van der Waals surface area (Å²) >= 11 is 5.57. The van der Waals surface area contributed by atoms with Gasteiger partial charge in [-0.1, -0.05) is 13.8 Å². The van der Waals surface area contributed by atoms with Gasteiger partial charge in [0, 0.05) is 6.54 Å². The summed E-state index contributed by atoms with van der Waals surface area (Å²) < 4.78 is 0. The molecule has 0 amide bonds. The van der Waals surface area contributed by atoms with E-state index in [-0.39, 0.29) is 23.3 Å². The molecule has 0 aliphatic rings. The maximum atomic E-state index is 10.7. The van der Waals surface area contributed by atoms with Gasteiger partial charge in [-0.15, -0.1) is 0 Å². The first kappa shape index (κ1) is 14.6. The number of halogens is 1. The van der Waals surface area contributed by atoms with E-state index in [1.165, 1.54) is 0 Å². The summed E-state index contributed by atoms with van der Waals surface area (Å²) in [5.41, 5.74) is -0.267. The molecule has 0 fully saturated rings. The van der Waals surface area contributed by atoms with Gasteiger partial charge in [0.15, 0.2) is 0 Å². The van der Waals surface area contributed by atoms with E-state index in [1.54, 1.807) is 0 Å². The van der Waals surface area contributed by atoms with E-state index in [4.69, 9.17) is 11.6 Å². The van der Waals surface area contributed by atoms with Crippen LogP contribution in [0.4, 0.5) is 11.5 Å². The molecule has 0 saturated heterocycles. The molecule has 0 saturated carbocycles. The second-order valence-corrected chi connectivity index (χ2v) is 4.63.